The number of thiazole rings is 1. The van der Waals surface area contributed by atoms with E-state index >= 15 is 0 Å². The van der Waals surface area contributed by atoms with E-state index in [4.69, 9.17) is 19.2 Å². The van der Waals surface area contributed by atoms with Gasteiger partial charge in [0.15, 0.2) is 16.3 Å². The van der Waals surface area contributed by atoms with Gasteiger partial charge in [-0.25, -0.2) is 9.79 Å². The summed E-state index contributed by atoms with van der Waals surface area (Å²) in [6, 6.07) is 4.89. The van der Waals surface area contributed by atoms with Crippen molar-refractivity contribution >= 4 is 28.6 Å². The van der Waals surface area contributed by atoms with Gasteiger partial charge in [-0.15, -0.1) is 0 Å². The van der Waals surface area contributed by atoms with E-state index < -0.39 is 12.0 Å². The molecule has 0 saturated carbocycles. The number of carbonyl (C=O) groups is 1. The number of nitrogens with zero attached hydrogens (tertiary/aromatic N) is 2. The number of aromatic nitrogens is 1. The van der Waals surface area contributed by atoms with Gasteiger partial charge in [-0.1, -0.05) is 23.0 Å². The van der Waals surface area contributed by atoms with Crippen molar-refractivity contribution in [2.45, 2.75) is 33.7 Å². The standard InChI is InChI=1S/C20H20N2O5S/c1-5-25-19(24)15-11(4)22-18(23)17(10(2)3)28-20(22)21-16(15)12-6-7-13-14(8-12)27-9-26-13/h6-8,16H,5,9H2,1-4H3. The number of esters is 1. The SMILES string of the molecule is CCOC(=O)C1=C(C)n2c(sc(=C(C)C)c2=O)=NC1c1ccc2c(c1)OCO2. The molecule has 146 valence electrons. The number of benzene rings is 1. The van der Waals surface area contributed by atoms with Crippen molar-refractivity contribution in [2.75, 3.05) is 13.4 Å². The predicted molar refractivity (Wildman–Crippen MR) is 105 cm³/mol. The number of hydrogen-bond donors (Lipinski definition) is 0. The normalized spacial score (nSPS) is 17.2. The van der Waals surface area contributed by atoms with Crippen molar-refractivity contribution in [1.29, 1.82) is 0 Å². The minimum atomic E-state index is -0.586. The third-order valence-electron chi connectivity index (χ3n) is 4.68. The molecule has 0 fully saturated rings. The van der Waals surface area contributed by atoms with E-state index in [1.807, 2.05) is 26.0 Å². The fourth-order valence-corrected chi connectivity index (χ4v) is 4.39. The van der Waals surface area contributed by atoms with E-state index in [0.29, 0.717) is 32.1 Å². The van der Waals surface area contributed by atoms with Crippen LogP contribution >= 0.6 is 11.3 Å². The zero-order valence-corrected chi connectivity index (χ0v) is 16.9. The summed E-state index contributed by atoms with van der Waals surface area (Å²) in [5, 5.41) is 0. The molecule has 2 aliphatic heterocycles. The predicted octanol–water partition coefficient (Wildman–Crippen LogP) is 2.00. The van der Waals surface area contributed by atoms with Crippen LogP contribution in [0.4, 0.5) is 0 Å². The van der Waals surface area contributed by atoms with Crippen LogP contribution in [-0.2, 0) is 9.53 Å². The van der Waals surface area contributed by atoms with Crippen molar-refractivity contribution in [3.63, 3.8) is 0 Å². The molecule has 0 N–H and O–H groups in total. The number of hydrogen-bond acceptors (Lipinski definition) is 7. The molecule has 3 heterocycles. The molecule has 2 aromatic rings. The molecule has 0 amide bonds. The topological polar surface area (TPSA) is 79.1 Å². The van der Waals surface area contributed by atoms with Gasteiger partial charge < -0.3 is 14.2 Å². The second-order valence-corrected chi connectivity index (χ2v) is 7.70. The average Bonchev–Trinajstić information content (AvgIpc) is 3.25. The Morgan fingerprint density at radius 3 is 2.79 bits per heavy atom. The highest BCUT2D eigenvalue weighted by molar-refractivity contribution is 7.07. The largest absolute Gasteiger partial charge is 0.463 e. The summed E-state index contributed by atoms with van der Waals surface area (Å²) in [6.07, 6.45) is 0. The van der Waals surface area contributed by atoms with Crippen molar-refractivity contribution in [2.24, 2.45) is 4.99 Å². The van der Waals surface area contributed by atoms with Crippen LogP contribution in [0.2, 0.25) is 0 Å². The molecule has 0 saturated heterocycles. The zero-order valence-electron chi connectivity index (χ0n) is 16.1. The molecule has 1 aromatic heterocycles. The van der Waals surface area contributed by atoms with Crippen LogP contribution in [0.25, 0.3) is 11.3 Å². The van der Waals surface area contributed by atoms with E-state index in [2.05, 4.69) is 0 Å². The third-order valence-corrected chi connectivity index (χ3v) is 5.94. The van der Waals surface area contributed by atoms with Gasteiger partial charge in [0.25, 0.3) is 5.56 Å². The van der Waals surface area contributed by atoms with E-state index in [1.165, 1.54) is 15.9 Å². The zero-order chi connectivity index (χ0) is 20.0. The number of carbonyl (C=O) groups excluding carboxylic acids is 1. The lowest BCUT2D eigenvalue weighted by molar-refractivity contribution is -0.138. The van der Waals surface area contributed by atoms with Crippen molar-refractivity contribution < 1.29 is 19.0 Å². The second-order valence-electron chi connectivity index (χ2n) is 6.72. The second kappa shape index (κ2) is 6.94. The van der Waals surface area contributed by atoms with E-state index in [9.17, 15) is 9.59 Å². The molecule has 0 bridgehead atoms. The van der Waals surface area contributed by atoms with Gasteiger partial charge in [0.05, 0.1) is 16.7 Å². The van der Waals surface area contributed by atoms with Gasteiger partial charge in [-0.3, -0.25) is 9.36 Å². The molecule has 28 heavy (non-hydrogen) atoms. The molecule has 0 aliphatic carbocycles. The van der Waals surface area contributed by atoms with Gasteiger partial charge in [0.1, 0.15) is 6.04 Å². The summed E-state index contributed by atoms with van der Waals surface area (Å²) >= 11 is 1.33. The van der Waals surface area contributed by atoms with Gasteiger partial charge in [-0.2, -0.15) is 0 Å². The Bertz CT molecular complexity index is 1180. The van der Waals surface area contributed by atoms with Crippen molar-refractivity contribution in [3.05, 3.63) is 49.0 Å². The Kier molecular flexibility index (Phi) is 4.58. The number of allylic oxidation sites excluding steroid dienone is 1. The van der Waals surface area contributed by atoms with E-state index in [1.54, 1.807) is 19.9 Å². The first-order valence-electron chi connectivity index (χ1n) is 8.97. The molecular weight excluding hydrogens is 380 g/mol. The highest BCUT2D eigenvalue weighted by Gasteiger charge is 2.32. The monoisotopic (exact) mass is 400 g/mol. The number of fused-ring (bicyclic) bond motifs is 2. The Morgan fingerprint density at radius 2 is 2.07 bits per heavy atom. The lowest BCUT2D eigenvalue weighted by Gasteiger charge is -2.22. The first-order valence-corrected chi connectivity index (χ1v) is 9.79. The summed E-state index contributed by atoms with van der Waals surface area (Å²) in [6.45, 7) is 7.69. The quantitative estimate of drug-likeness (QED) is 0.737. The van der Waals surface area contributed by atoms with Crippen LogP contribution in [0.5, 0.6) is 11.5 Å². The maximum atomic E-state index is 12.9. The lowest BCUT2D eigenvalue weighted by atomic mass is 9.96. The van der Waals surface area contributed by atoms with E-state index in [0.717, 1.165) is 11.1 Å². The summed E-state index contributed by atoms with van der Waals surface area (Å²) in [5.74, 6) is 0.791. The summed E-state index contributed by atoms with van der Waals surface area (Å²) in [5.41, 5.74) is 2.43. The van der Waals surface area contributed by atoms with Crippen LogP contribution in [0.1, 0.15) is 39.3 Å². The molecular formula is C20H20N2O5S. The van der Waals surface area contributed by atoms with Gasteiger partial charge >= 0.3 is 5.97 Å². The molecule has 1 atom stereocenters. The first-order chi connectivity index (χ1) is 13.4. The fraction of sp³-hybridized carbons (Fsp3) is 0.350. The lowest BCUT2D eigenvalue weighted by Crippen LogP contribution is -2.35. The smallest absolute Gasteiger partial charge is 0.338 e. The van der Waals surface area contributed by atoms with Gasteiger partial charge in [0.2, 0.25) is 6.79 Å². The van der Waals surface area contributed by atoms with E-state index in [-0.39, 0.29) is 19.0 Å². The van der Waals surface area contributed by atoms with Crippen LogP contribution in [0.15, 0.2) is 33.6 Å². The summed E-state index contributed by atoms with van der Waals surface area (Å²) < 4.78 is 18.3. The van der Waals surface area contributed by atoms with Crippen molar-refractivity contribution in [1.82, 2.24) is 4.57 Å². The Labute approximate surface area is 165 Å². The minimum Gasteiger partial charge on any atom is -0.463 e. The van der Waals surface area contributed by atoms with Crippen LogP contribution in [0.3, 0.4) is 0 Å². The Morgan fingerprint density at radius 1 is 1.32 bits per heavy atom. The summed E-state index contributed by atoms with van der Waals surface area (Å²) in [7, 11) is 0. The molecule has 1 unspecified atom stereocenters. The number of rotatable bonds is 3. The molecule has 4 rings (SSSR count). The molecule has 2 aliphatic rings. The summed E-state index contributed by atoms with van der Waals surface area (Å²) in [4.78, 5) is 30.9. The average molecular weight is 400 g/mol. The minimum absolute atomic E-state index is 0.160. The highest BCUT2D eigenvalue weighted by Crippen LogP contribution is 2.38. The van der Waals surface area contributed by atoms with Crippen LogP contribution < -0.4 is 24.4 Å². The number of ether oxygens (including phenoxy) is 3. The highest BCUT2D eigenvalue weighted by atomic mass is 32.1. The third kappa shape index (κ3) is 2.84. The maximum absolute atomic E-state index is 12.9. The molecule has 8 heteroatoms. The van der Waals surface area contributed by atoms with Crippen molar-refractivity contribution in [3.8, 4) is 11.5 Å². The molecule has 0 spiro atoms. The maximum Gasteiger partial charge on any atom is 0.338 e. The van der Waals surface area contributed by atoms with Gasteiger partial charge in [0, 0.05) is 5.70 Å². The fourth-order valence-electron chi connectivity index (χ4n) is 3.35. The van der Waals surface area contributed by atoms with Crippen LogP contribution in [-0.4, -0.2) is 23.9 Å². The molecule has 7 nitrogen and oxygen atoms in total. The first kappa shape index (κ1) is 18.5. The Hall–Kier alpha value is -2.87. The van der Waals surface area contributed by atoms with Gasteiger partial charge in [-0.05, 0) is 45.4 Å². The Balaban J connectivity index is 1.98. The molecule has 0 radical (unpaired) electrons. The van der Waals surface area contributed by atoms with Crippen LogP contribution in [0, 0.1) is 0 Å². The molecule has 1 aromatic carbocycles.